The van der Waals surface area contributed by atoms with Gasteiger partial charge in [0.05, 0.1) is 6.54 Å². The number of hydrogen-bond acceptors (Lipinski definition) is 2. The summed E-state index contributed by atoms with van der Waals surface area (Å²) in [5, 5.41) is 6.79. The zero-order chi connectivity index (χ0) is 16.2. The Morgan fingerprint density at radius 3 is 2.52 bits per heavy atom. The van der Waals surface area contributed by atoms with Crippen molar-refractivity contribution in [3.8, 4) is 5.75 Å². The molecule has 0 amide bonds. The van der Waals surface area contributed by atoms with Gasteiger partial charge in [0.2, 0.25) is 0 Å². The minimum absolute atomic E-state index is 0. The quantitative estimate of drug-likeness (QED) is 0.422. The minimum Gasteiger partial charge on any atom is -0.488 e. The fourth-order valence-electron chi connectivity index (χ4n) is 2.25. The van der Waals surface area contributed by atoms with Crippen molar-refractivity contribution in [3.63, 3.8) is 0 Å². The Morgan fingerprint density at radius 2 is 1.96 bits per heavy atom. The van der Waals surface area contributed by atoms with Gasteiger partial charge < -0.3 is 15.4 Å². The molecule has 0 heterocycles. The molecule has 0 aliphatic heterocycles. The predicted octanol–water partition coefficient (Wildman–Crippen LogP) is 3.95. The van der Waals surface area contributed by atoms with E-state index in [4.69, 9.17) is 9.73 Å². The van der Waals surface area contributed by atoms with E-state index in [-0.39, 0.29) is 29.6 Å². The first kappa shape index (κ1) is 20.1. The Kier molecular flexibility index (Phi) is 7.64. The molecule has 0 bridgehead atoms. The predicted molar refractivity (Wildman–Crippen MR) is 108 cm³/mol. The summed E-state index contributed by atoms with van der Waals surface area (Å²) in [7, 11) is 0. The van der Waals surface area contributed by atoms with Crippen LogP contribution in [0.1, 0.15) is 46.6 Å². The van der Waals surface area contributed by atoms with E-state index >= 15 is 0 Å². The Morgan fingerprint density at radius 1 is 1.30 bits per heavy atom. The van der Waals surface area contributed by atoms with Crippen molar-refractivity contribution in [1.29, 1.82) is 0 Å². The summed E-state index contributed by atoms with van der Waals surface area (Å²) in [6.07, 6.45) is 1.23. The summed E-state index contributed by atoms with van der Waals surface area (Å²) in [4.78, 5) is 4.70. The highest BCUT2D eigenvalue weighted by atomic mass is 127. The molecule has 1 aliphatic rings. The Labute approximate surface area is 157 Å². The normalized spacial score (nSPS) is 20.5. The summed E-state index contributed by atoms with van der Waals surface area (Å²) in [6, 6.07) is 8.69. The number of nitrogens with zero attached hydrogens (tertiary/aromatic N) is 1. The van der Waals surface area contributed by atoms with E-state index in [2.05, 4.69) is 51.3 Å². The van der Waals surface area contributed by atoms with E-state index in [1.165, 1.54) is 6.42 Å². The van der Waals surface area contributed by atoms with Gasteiger partial charge in [-0.05, 0) is 46.1 Å². The zero-order valence-corrected chi connectivity index (χ0v) is 17.2. The van der Waals surface area contributed by atoms with Gasteiger partial charge in [0, 0.05) is 18.2 Å². The maximum atomic E-state index is 6.03. The lowest BCUT2D eigenvalue weighted by molar-refractivity contribution is 0.129. The average Bonchev–Trinajstić information content (AvgIpc) is 3.11. The van der Waals surface area contributed by atoms with Crippen LogP contribution in [0.4, 0.5) is 0 Å². The molecule has 0 radical (unpaired) electrons. The Bertz CT molecular complexity index is 525. The monoisotopic (exact) mass is 431 g/mol. The SMILES string of the molecule is CCNC(=NCc1ccccc1OC(C)(C)C)NC1CC1C.I. The van der Waals surface area contributed by atoms with Crippen LogP contribution in [-0.2, 0) is 6.54 Å². The molecule has 1 aromatic rings. The highest BCUT2D eigenvalue weighted by molar-refractivity contribution is 14.0. The first-order valence-corrected chi connectivity index (χ1v) is 8.21. The van der Waals surface area contributed by atoms with Crippen molar-refractivity contribution >= 4 is 29.9 Å². The molecule has 2 unspecified atom stereocenters. The summed E-state index contributed by atoms with van der Waals surface area (Å²) in [5.74, 6) is 2.55. The second-order valence-corrected chi connectivity index (χ2v) is 6.98. The van der Waals surface area contributed by atoms with Gasteiger partial charge in [-0.1, -0.05) is 25.1 Å². The van der Waals surface area contributed by atoms with Crippen LogP contribution in [0.2, 0.25) is 0 Å². The molecule has 4 nitrogen and oxygen atoms in total. The molecule has 1 aliphatic carbocycles. The van der Waals surface area contributed by atoms with Crippen molar-refractivity contribution < 1.29 is 4.74 Å². The van der Waals surface area contributed by atoms with E-state index in [0.717, 1.165) is 29.7 Å². The lowest BCUT2D eigenvalue weighted by atomic mass is 10.1. The van der Waals surface area contributed by atoms with E-state index in [1.807, 2.05) is 18.2 Å². The second kappa shape index (κ2) is 8.76. The minimum atomic E-state index is -0.202. The van der Waals surface area contributed by atoms with Crippen molar-refractivity contribution in [2.45, 2.75) is 59.2 Å². The molecule has 2 rings (SSSR count). The molecule has 23 heavy (non-hydrogen) atoms. The van der Waals surface area contributed by atoms with Crippen molar-refractivity contribution in [2.24, 2.45) is 10.9 Å². The van der Waals surface area contributed by atoms with Gasteiger partial charge in [0.1, 0.15) is 11.4 Å². The largest absolute Gasteiger partial charge is 0.488 e. The van der Waals surface area contributed by atoms with Crippen LogP contribution in [0.3, 0.4) is 0 Å². The van der Waals surface area contributed by atoms with Gasteiger partial charge in [0.15, 0.2) is 5.96 Å². The third-order valence-electron chi connectivity index (χ3n) is 3.57. The van der Waals surface area contributed by atoms with E-state index < -0.39 is 0 Å². The standard InChI is InChI=1S/C18H29N3O.HI/c1-6-19-17(21-15-11-13(15)2)20-12-14-9-7-8-10-16(14)22-18(3,4)5;/h7-10,13,15H,6,11-12H2,1-5H3,(H2,19,20,21);1H. The lowest BCUT2D eigenvalue weighted by Gasteiger charge is -2.23. The number of halogens is 1. The summed E-state index contributed by atoms with van der Waals surface area (Å²) in [6.45, 7) is 12.0. The van der Waals surface area contributed by atoms with Crippen LogP contribution in [0.15, 0.2) is 29.3 Å². The van der Waals surface area contributed by atoms with Gasteiger partial charge in [0.25, 0.3) is 0 Å². The molecular formula is C18H30IN3O. The van der Waals surface area contributed by atoms with Crippen LogP contribution in [-0.4, -0.2) is 24.1 Å². The highest BCUT2D eigenvalue weighted by Crippen LogP contribution is 2.29. The van der Waals surface area contributed by atoms with E-state index in [1.54, 1.807) is 0 Å². The first-order valence-electron chi connectivity index (χ1n) is 8.21. The average molecular weight is 431 g/mol. The number of nitrogens with one attached hydrogen (secondary N) is 2. The molecule has 1 aromatic carbocycles. The molecule has 0 saturated heterocycles. The molecule has 130 valence electrons. The molecule has 2 atom stereocenters. The molecule has 0 aromatic heterocycles. The van der Waals surface area contributed by atoms with Crippen LogP contribution < -0.4 is 15.4 Å². The number of aliphatic imine (C=N–C) groups is 1. The zero-order valence-electron chi connectivity index (χ0n) is 14.8. The van der Waals surface area contributed by atoms with Gasteiger partial charge in [-0.15, -0.1) is 24.0 Å². The van der Waals surface area contributed by atoms with Crippen molar-refractivity contribution in [3.05, 3.63) is 29.8 Å². The number of benzene rings is 1. The summed E-state index contributed by atoms with van der Waals surface area (Å²) < 4.78 is 6.03. The third kappa shape index (κ3) is 6.97. The summed E-state index contributed by atoms with van der Waals surface area (Å²) in [5.41, 5.74) is 0.907. The first-order chi connectivity index (χ1) is 10.4. The van der Waals surface area contributed by atoms with E-state index in [9.17, 15) is 0 Å². The topological polar surface area (TPSA) is 45.7 Å². The molecule has 1 fully saturated rings. The van der Waals surface area contributed by atoms with Crippen LogP contribution in [0, 0.1) is 5.92 Å². The second-order valence-electron chi connectivity index (χ2n) is 6.98. The van der Waals surface area contributed by atoms with Gasteiger partial charge in [-0.25, -0.2) is 4.99 Å². The van der Waals surface area contributed by atoms with Crippen LogP contribution in [0.25, 0.3) is 0 Å². The number of hydrogen-bond donors (Lipinski definition) is 2. The number of para-hydroxylation sites is 1. The van der Waals surface area contributed by atoms with Crippen molar-refractivity contribution in [1.82, 2.24) is 10.6 Å². The van der Waals surface area contributed by atoms with Crippen LogP contribution in [0.5, 0.6) is 5.75 Å². The number of ether oxygens (including phenoxy) is 1. The highest BCUT2D eigenvalue weighted by Gasteiger charge is 2.33. The molecular weight excluding hydrogens is 401 g/mol. The Balaban J connectivity index is 0.00000264. The van der Waals surface area contributed by atoms with Gasteiger partial charge in [-0.2, -0.15) is 0 Å². The fraction of sp³-hybridized carbons (Fsp3) is 0.611. The molecule has 1 saturated carbocycles. The van der Waals surface area contributed by atoms with Gasteiger partial charge >= 0.3 is 0 Å². The van der Waals surface area contributed by atoms with Gasteiger partial charge in [-0.3, -0.25) is 0 Å². The smallest absolute Gasteiger partial charge is 0.191 e. The number of guanidine groups is 1. The lowest BCUT2D eigenvalue weighted by Crippen LogP contribution is -2.39. The molecule has 5 heteroatoms. The van der Waals surface area contributed by atoms with Crippen molar-refractivity contribution in [2.75, 3.05) is 6.54 Å². The number of rotatable bonds is 5. The van der Waals surface area contributed by atoms with Crippen LogP contribution >= 0.6 is 24.0 Å². The maximum absolute atomic E-state index is 6.03. The molecule has 2 N–H and O–H groups in total. The van der Waals surface area contributed by atoms with E-state index in [0.29, 0.717) is 12.6 Å². The fourth-order valence-corrected chi connectivity index (χ4v) is 2.25. The molecule has 0 spiro atoms. The Hall–Kier alpha value is -0.980. The summed E-state index contributed by atoms with van der Waals surface area (Å²) >= 11 is 0. The maximum Gasteiger partial charge on any atom is 0.191 e. The third-order valence-corrected chi connectivity index (χ3v) is 3.57.